The summed E-state index contributed by atoms with van der Waals surface area (Å²) in [6.45, 7) is 2.23. The summed E-state index contributed by atoms with van der Waals surface area (Å²) < 4.78 is 17.8. The smallest absolute Gasteiger partial charge is 0.295 e. The summed E-state index contributed by atoms with van der Waals surface area (Å²) in [4.78, 5) is 29.3. The van der Waals surface area contributed by atoms with E-state index in [-0.39, 0.29) is 22.3 Å². The number of nitrogens with zero attached hydrogens (tertiary/aromatic N) is 1. The molecule has 0 aliphatic carbocycles. The minimum absolute atomic E-state index is 0.0232. The topological polar surface area (TPSA) is 69.0 Å². The Morgan fingerprint density at radius 1 is 0.900 bits per heavy atom. The Morgan fingerprint density at radius 3 is 2.45 bits per heavy atom. The van der Waals surface area contributed by atoms with Crippen molar-refractivity contribution in [1.82, 2.24) is 0 Å². The van der Waals surface area contributed by atoms with Crippen molar-refractivity contribution in [3.63, 3.8) is 0 Å². The molecular weight excluding hydrogens is 549 g/mol. The Kier molecular flexibility index (Phi) is 6.74. The van der Waals surface area contributed by atoms with Crippen LogP contribution in [0.15, 0.2) is 94.1 Å². The molecule has 0 bridgehead atoms. The number of fused-ring (bicyclic) bond motifs is 2. The first kappa shape index (κ1) is 26.0. The molecule has 6 rings (SSSR count). The average Bonchev–Trinajstić information content (AvgIpc) is 3.26. The highest BCUT2D eigenvalue weighted by atomic mass is 35.5. The molecule has 0 spiro atoms. The van der Waals surface area contributed by atoms with Crippen LogP contribution in [-0.4, -0.2) is 13.0 Å². The maximum atomic E-state index is 13.9. The van der Waals surface area contributed by atoms with Gasteiger partial charge in [0.15, 0.2) is 16.9 Å². The van der Waals surface area contributed by atoms with Gasteiger partial charge in [0.05, 0.1) is 24.1 Å². The van der Waals surface area contributed by atoms with E-state index >= 15 is 0 Å². The fourth-order valence-corrected chi connectivity index (χ4v) is 5.31. The number of anilines is 1. The van der Waals surface area contributed by atoms with Gasteiger partial charge in [-0.2, -0.15) is 0 Å². The van der Waals surface area contributed by atoms with Crippen LogP contribution in [-0.2, 0) is 6.61 Å². The minimum Gasteiger partial charge on any atom is -0.493 e. The van der Waals surface area contributed by atoms with E-state index in [1.54, 1.807) is 49.6 Å². The van der Waals surface area contributed by atoms with E-state index in [4.69, 9.17) is 37.1 Å². The maximum Gasteiger partial charge on any atom is 0.295 e. The van der Waals surface area contributed by atoms with Crippen LogP contribution < -0.4 is 19.8 Å². The van der Waals surface area contributed by atoms with E-state index < -0.39 is 11.9 Å². The number of carbonyl (C=O) groups is 1. The fourth-order valence-electron chi connectivity index (χ4n) is 4.97. The lowest BCUT2D eigenvalue weighted by molar-refractivity contribution is 0.0971. The summed E-state index contributed by atoms with van der Waals surface area (Å²) in [5.74, 6) is 0.522. The van der Waals surface area contributed by atoms with Crippen LogP contribution in [0.25, 0.3) is 11.0 Å². The van der Waals surface area contributed by atoms with Crippen LogP contribution in [0.3, 0.4) is 0 Å². The van der Waals surface area contributed by atoms with Gasteiger partial charge < -0.3 is 13.9 Å². The second kappa shape index (κ2) is 10.4. The number of rotatable bonds is 6. The molecule has 40 heavy (non-hydrogen) atoms. The number of benzene rings is 4. The third-order valence-electron chi connectivity index (χ3n) is 7.01. The average molecular weight is 572 g/mol. The summed E-state index contributed by atoms with van der Waals surface area (Å²) in [6.07, 6.45) is 0. The lowest BCUT2D eigenvalue weighted by atomic mass is 9.97. The van der Waals surface area contributed by atoms with Crippen molar-refractivity contribution in [1.29, 1.82) is 0 Å². The number of hydrogen-bond donors (Lipinski definition) is 0. The molecule has 1 aromatic heterocycles. The van der Waals surface area contributed by atoms with E-state index in [0.29, 0.717) is 44.8 Å². The van der Waals surface area contributed by atoms with Crippen molar-refractivity contribution >= 4 is 45.8 Å². The molecule has 1 unspecified atom stereocenters. The van der Waals surface area contributed by atoms with Crippen molar-refractivity contribution in [2.75, 3.05) is 12.0 Å². The Morgan fingerprint density at radius 2 is 1.70 bits per heavy atom. The summed E-state index contributed by atoms with van der Waals surface area (Å²) >= 11 is 12.7. The molecule has 8 heteroatoms. The van der Waals surface area contributed by atoms with E-state index in [2.05, 4.69) is 0 Å². The highest BCUT2D eigenvalue weighted by Crippen LogP contribution is 2.44. The molecule has 4 aromatic carbocycles. The van der Waals surface area contributed by atoms with Crippen LogP contribution in [0.4, 0.5) is 5.69 Å². The van der Waals surface area contributed by atoms with Gasteiger partial charge in [-0.1, -0.05) is 65.7 Å². The zero-order valence-corrected chi connectivity index (χ0v) is 23.1. The number of aryl methyl sites for hydroxylation is 1. The number of carbonyl (C=O) groups excluding carboxylic acids is 1. The van der Waals surface area contributed by atoms with E-state index in [1.165, 1.54) is 4.90 Å². The third kappa shape index (κ3) is 4.49. The predicted molar refractivity (Wildman–Crippen MR) is 156 cm³/mol. The van der Waals surface area contributed by atoms with Crippen molar-refractivity contribution < 1.29 is 18.7 Å². The number of halogens is 2. The van der Waals surface area contributed by atoms with Crippen LogP contribution in [0, 0.1) is 6.92 Å². The molecule has 0 fully saturated rings. The van der Waals surface area contributed by atoms with Gasteiger partial charge in [-0.15, -0.1) is 0 Å². The number of methoxy groups -OCH3 is 1. The van der Waals surface area contributed by atoms with Crippen LogP contribution in [0.5, 0.6) is 11.5 Å². The zero-order valence-electron chi connectivity index (χ0n) is 21.6. The highest BCUT2D eigenvalue weighted by molar-refractivity contribution is 6.32. The van der Waals surface area contributed by atoms with Gasteiger partial charge in [0.1, 0.15) is 12.2 Å². The van der Waals surface area contributed by atoms with Gasteiger partial charge in [-0.25, -0.2) is 0 Å². The quantitative estimate of drug-likeness (QED) is 0.208. The Labute approximate surface area is 240 Å². The third-order valence-corrected chi connectivity index (χ3v) is 7.65. The monoisotopic (exact) mass is 571 g/mol. The maximum absolute atomic E-state index is 13.9. The van der Waals surface area contributed by atoms with Gasteiger partial charge in [-0.3, -0.25) is 14.5 Å². The summed E-state index contributed by atoms with van der Waals surface area (Å²) in [5, 5.41) is 1.19. The molecule has 200 valence electrons. The summed E-state index contributed by atoms with van der Waals surface area (Å²) in [7, 11) is 1.55. The molecular formula is C32H23Cl2NO5. The van der Waals surface area contributed by atoms with Crippen LogP contribution >= 0.6 is 23.2 Å². The molecule has 6 nitrogen and oxygen atoms in total. The van der Waals surface area contributed by atoms with Gasteiger partial charge in [0.25, 0.3) is 5.91 Å². The van der Waals surface area contributed by atoms with Crippen LogP contribution in [0.1, 0.15) is 38.9 Å². The van der Waals surface area contributed by atoms with E-state index in [0.717, 1.165) is 11.1 Å². The second-order valence-electron chi connectivity index (χ2n) is 9.51. The lowest BCUT2D eigenvalue weighted by Crippen LogP contribution is -2.29. The Hall–Kier alpha value is -4.26. The van der Waals surface area contributed by atoms with E-state index in [1.807, 2.05) is 49.4 Å². The Bertz CT molecular complexity index is 1830. The Balaban J connectivity index is 1.51. The largest absolute Gasteiger partial charge is 0.493 e. The SMILES string of the molecule is COc1cc(C2c3c(oc4ccc(Cl)cc4c3=O)C(=O)N2c2ccc(C)c(Cl)c2)ccc1OCc1ccccc1. The molecule has 0 N–H and O–H groups in total. The van der Waals surface area contributed by atoms with Gasteiger partial charge in [0, 0.05) is 15.7 Å². The minimum atomic E-state index is -0.807. The molecule has 0 saturated heterocycles. The molecule has 1 aliphatic heterocycles. The first-order valence-corrected chi connectivity index (χ1v) is 13.3. The molecule has 1 aliphatic rings. The molecule has 0 radical (unpaired) electrons. The summed E-state index contributed by atoms with van der Waals surface area (Å²) in [5.41, 5.74) is 3.21. The normalized spacial score (nSPS) is 14.4. The van der Waals surface area contributed by atoms with E-state index in [9.17, 15) is 9.59 Å². The van der Waals surface area contributed by atoms with Crippen molar-refractivity contribution in [3.05, 3.63) is 133 Å². The molecule has 1 amide bonds. The van der Waals surface area contributed by atoms with Crippen molar-refractivity contribution in [2.24, 2.45) is 0 Å². The van der Waals surface area contributed by atoms with Gasteiger partial charge in [-0.05, 0) is 66.1 Å². The van der Waals surface area contributed by atoms with Crippen LogP contribution in [0.2, 0.25) is 10.0 Å². The zero-order chi connectivity index (χ0) is 28.0. The number of amides is 1. The highest BCUT2D eigenvalue weighted by Gasteiger charge is 2.44. The van der Waals surface area contributed by atoms with Gasteiger partial charge >= 0.3 is 0 Å². The molecule has 0 saturated carbocycles. The van der Waals surface area contributed by atoms with Crippen molar-refractivity contribution in [2.45, 2.75) is 19.6 Å². The van der Waals surface area contributed by atoms with Crippen molar-refractivity contribution in [3.8, 4) is 11.5 Å². The molecule has 5 aromatic rings. The fraction of sp³-hybridized carbons (Fsp3) is 0.125. The number of hydrogen-bond acceptors (Lipinski definition) is 5. The predicted octanol–water partition coefficient (Wildman–Crippen LogP) is 7.75. The molecule has 1 atom stereocenters. The van der Waals surface area contributed by atoms with Gasteiger partial charge in [0.2, 0.25) is 5.76 Å². The standard InChI is InChI=1S/C32H23Cl2NO5/c1-18-8-11-22(16-24(18)34)35-29(28-30(36)23-15-21(33)10-13-25(23)40-31(28)32(35)37)20-9-12-26(27(14-20)38-2)39-17-19-6-4-3-5-7-19/h3-16,29H,17H2,1-2H3. The number of ether oxygens (including phenoxy) is 2. The summed E-state index contributed by atoms with van der Waals surface area (Å²) in [6, 6.07) is 24.5. The lowest BCUT2D eigenvalue weighted by Gasteiger charge is -2.26. The molecule has 2 heterocycles. The first-order valence-electron chi connectivity index (χ1n) is 12.6. The second-order valence-corrected chi connectivity index (χ2v) is 10.4. The first-order chi connectivity index (χ1) is 19.4.